The molecule has 1 saturated carbocycles. The minimum atomic E-state index is -0.235. The second kappa shape index (κ2) is 6.27. The Morgan fingerprint density at radius 2 is 1.96 bits per heavy atom. The molecule has 6 heteroatoms. The number of hydrogen-bond acceptors (Lipinski definition) is 5. The predicted octanol–water partition coefficient (Wildman–Crippen LogP) is 4.10. The molecule has 0 unspecified atom stereocenters. The first-order valence-electron chi connectivity index (χ1n) is 9.14. The highest BCUT2D eigenvalue weighted by Gasteiger charge is 2.29. The quantitative estimate of drug-likeness (QED) is 0.750. The van der Waals surface area contributed by atoms with Gasteiger partial charge < -0.3 is 10.1 Å². The largest absolute Gasteiger partial charge is 0.488 e. The minimum absolute atomic E-state index is 0.235. The van der Waals surface area contributed by atoms with Crippen LogP contribution in [0.4, 0.5) is 5.82 Å². The lowest BCUT2D eigenvalue weighted by molar-refractivity contribution is 0.129. The van der Waals surface area contributed by atoms with Crippen LogP contribution in [0.25, 0.3) is 5.65 Å². The molecule has 0 amide bonds. The zero-order valence-electron chi connectivity index (χ0n) is 15.8. The van der Waals surface area contributed by atoms with E-state index in [1.807, 2.05) is 16.6 Å². The van der Waals surface area contributed by atoms with Crippen molar-refractivity contribution in [1.82, 2.24) is 19.8 Å². The molecule has 1 N–H and O–H groups in total. The van der Waals surface area contributed by atoms with Crippen molar-refractivity contribution in [3.05, 3.63) is 47.3 Å². The Kier molecular flexibility index (Phi) is 4.05. The summed E-state index contributed by atoms with van der Waals surface area (Å²) < 4.78 is 8.00. The first-order valence-corrected chi connectivity index (χ1v) is 9.14. The van der Waals surface area contributed by atoms with Crippen LogP contribution in [-0.2, 0) is 6.54 Å². The van der Waals surface area contributed by atoms with E-state index in [0.717, 1.165) is 28.6 Å². The van der Waals surface area contributed by atoms with Gasteiger partial charge in [0.15, 0.2) is 11.5 Å². The predicted molar refractivity (Wildman–Crippen MR) is 102 cm³/mol. The number of nitrogens with zero attached hydrogens (tertiary/aromatic N) is 4. The molecule has 3 aromatic rings. The second-order valence-corrected chi connectivity index (χ2v) is 8.00. The Balaban J connectivity index is 1.55. The molecule has 2 aromatic heterocycles. The number of aryl methyl sites for hydroxylation is 1. The molecule has 136 valence electrons. The number of nitrogens with one attached hydrogen (secondary N) is 1. The Hall–Kier alpha value is -2.63. The third-order valence-corrected chi connectivity index (χ3v) is 4.33. The lowest BCUT2D eigenvalue weighted by Gasteiger charge is -2.24. The van der Waals surface area contributed by atoms with Crippen LogP contribution in [-0.4, -0.2) is 25.4 Å². The zero-order chi connectivity index (χ0) is 18.3. The van der Waals surface area contributed by atoms with Gasteiger partial charge in [-0.05, 0) is 64.3 Å². The minimum Gasteiger partial charge on any atom is -0.488 e. The fourth-order valence-corrected chi connectivity index (χ4v) is 2.91. The Labute approximate surface area is 153 Å². The van der Waals surface area contributed by atoms with Crippen LogP contribution in [0, 0.1) is 6.92 Å². The van der Waals surface area contributed by atoms with Gasteiger partial charge >= 0.3 is 0 Å². The van der Waals surface area contributed by atoms with Gasteiger partial charge in [-0.2, -0.15) is 4.52 Å². The normalized spacial score (nSPS) is 14.6. The van der Waals surface area contributed by atoms with E-state index in [2.05, 4.69) is 66.5 Å². The van der Waals surface area contributed by atoms with Crippen molar-refractivity contribution < 1.29 is 4.74 Å². The van der Waals surface area contributed by atoms with Crippen LogP contribution < -0.4 is 10.1 Å². The number of benzene rings is 1. The highest BCUT2D eigenvalue weighted by molar-refractivity contribution is 5.46. The Bertz CT molecular complexity index is 937. The molecule has 2 heterocycles. The molecule has 1 fully saturated rings. The van der Waals surface area contributed by atoms with Crippen molar-refractivity contribution in [3.63, 3.8) is 0 Å². The fourth-order valence-electron chi connectivity index (χ4n) is 2.91. The number of rotatable bonds is 5. The first kappa shape index (κ1) is 16.8. The molecular weight excluding hydrogens is 326 g/mol. The lowest BCUT2D eigenvalue weighted by Crippen LogP contribution is -2.24. The van der Waals surface area contributed by atoms with Crippen molar-refractivity contribution in [2.24, 2.45) is 0 Å². The van der Waals surface area contributed by atoms with Gasteiger partial charge in [0.2, 0.25) is 0 Å². The third-order valence-electron chi connectivity index (χ3n) is 4.33. The molecule has 0 radical (unpaired) electrons. The summed E-state index contributed by atoms with van der Waals surface area (Å²) in [4.78, 5) is 0. The van der Waals surface area contributed by atoms with Crippen molar-refractivity contribution in [2.45, 2.75) is 58.6 Å². The van der Waals surface area contributed by atoms with Gasteiger partial charge in [-0.1, -0.05) is 12.1 Å². The molecule has 0 aliphatic heterocycles. The van der Waals surface area contributed by atoms with E-state index in [4.69, 9.17) is 4.74 Å². The summed E-state index contributed by atoms with van der Waals surface area (Å²) >= 11 is 0. The van der Waals surface area contributed by atoms with Crippen LogP contribution in [0.2, 0.25) is 0 Å². The summed E-state index contributed by atoms with van der Waals surface area (Å²) in [6.07, 6.45) is 2.36. The van der Waals surface area contributed by atoms with Gasteiger partial charge in [-0.3, -0.25) is 0 Å². The maximum Gasteiger partial charge on any atom is 0.178 e. The molecule has 6 nitrogen and oxygen atoms in total. The summed E-state index contributed by atoms with van der Waals surface area (Å²) in [5.41, 5.74) is 2.86. The zero-order valence-corrected chi connectivity index (χ0v) is 15.8. The number of fused-ring (bicyclic) bond motifs is 1. The van der Waals surface area contributed by atoms with Crippen molar-refractivity contribution in [2.75, 3.05) is 5.32 Å². The van der Waals surface area contributed by atoms with Gasteiger partial charge in [0.1, 0.15) is 17.2 Å². The average molecular weight is 351 g/mol. The van der Waals surface area contributed by atoms with Crippen molar-refractivity contribution in [3.8, 4) is 5.75 Å². The van der Waals surface area contributed by atoms with Crippen LogP contribution in [0.3, 0.4) is 0 Å². The Morgan fingerprint density at radius 1 is 1.15 bits per heavy atom. The number of anilines is 1. The monoisotopic (exact) mass is 351 g/mol. The summed E-state index contributed by atoms with van der Waals surface area (Å²) in [7, 11) is 0. The number of hydrogen-bond donors (Lipinski definition) is 1. The number of ether oxygens (including phenoxy) is 1. The molecule has 1 aliphatic rings. The highest BCUT2D eigenvalue weighted by Crippen LogP contribution is 2.38. The van der Waals surface area contributed by atoms with Crippen LogP contribution in [0.15, 0.2) is 30.3 Å². The standard InChI is InChI=1S/C20H25N5O/c1-13-5-6-15(16(11-13)26-20(2,3)4)12-21-17-9-10-18-22-23-19(14-7-8-14)25(18)24-17/h5-6,9-11,14H,7-8,12H2,1-4H3,(H,21,24). The van der Waals surface area contributed by atoms with E-state index in [1.54, 1.807) is 0 Å². The SMILES string of the molecule is Cc1ccc(CNc2ccc3nnc(C4CC4)n3n2)c(OC(C)(C)C)c1. The smallest absolute Gasteiger partial charge is 0.178 e. The molecule has 0 saturated heterocycles. The third kappa shape index (κ3) is 3.64. The van der Waals surface area contributed by atoms with E-state index < -0.39 is 0 Å². The van der Waals surface area contributed by atoms with Crippen LogP contribution in [0.5, 0.6) is 5.75 Å². The molecule has 1 aromatic carbocycles. The lowest BCUT2D eigenvalue weighted by atomic mass is 10.1. The van der Waals surface area contributed by atoms with Crippen molar-refractivity contribution >= 4 is 11.5 Å². The van der Waals surface area contributed by atoms with Gasteiger partial charge in [0.25, 0.3) is 0 Å². The number of aromatic nitrogens is 4. The van der Waals surface area contributed by atoms with E-state index in [-0.39, 0.29) is 5.60 Å². The summed E-state index contributed by atoms with van der Waals surface area (Å²) in [6, 6.07) is 10.2. The van der Waals surface area contributed by atoms with Crippen LogP contribution >= 0.6 is 0 Å². The van der Waals surface area contributed by atoms with E-state index in [1.165, 1.54) is 18.4 Å². The molecule has 0 atom stereocenters. The van der Waals surface area contributed by atoms with Crippen LogP contribution in [0.1, 0.15) is 56.5 Å². The van der Waals surface area contributed by atoms with Crippen molar-refractivity contribution in [1.29, 1.82) is 0 Å². The second-order valence-electron chi connectivity index (χ2n) is 8.00. The molecular formula is C20H25N5O. The highest BCUT2D eigenvalue weighted by atomic mass is 16.5. The van der Waals surface area contributed by atoms with Gasteiger partial charge in [-0.25, -0.2) is 0 Å². The molecule has 0 spiro atoms. The maximum atomic E-state index is 6.13. The van der Waals surface area contributed by atoms with E-state index >= 15 is 0 Å². The Morgan fingerprint density at radius 3 is 2.69 bits per heavy atom. The molecule has 4 rings (SSSR count). The summed E-state index contributed by atoms with van der Waals surface area (Å²) in [6.45, 7) is 8.91. The molecule has 0 bridgehead atoms. The average Bonchev–Trinajstić information content (AvgIpc) is 3.32. The van der Waals surface area contributed by atoms with Gasteiger partial charge in [0.05, 0.1) is 0 Å². The molecule has 26 heavy (non-hydrogen) atoms. The van der Waals surface area contributed by atoms with Gasteiger partial charge in [-0.15, -0.1) is 15.3 Å². The van der Waals surface area contributed by atoms with Gasteiger partial charge in [0, 0.05) is 18.0 Å². The summed E-state index contributed by atoms with van der Waals surface area (Å²) in [5, 5.41) is 16.6. The topological polar surface area (TPSA) is 64.3 Å². The first-order chi connectivity index (χ1) is 12.4. The fraction of sp³-hybridized carbons (Fsp3) is 0.450. The molecule has 1 aliphatic carbocycles. The maximum absolute atomic E-state index is 6.13. The van der Waals surface area contributed by atoms with E-state index in [9.17, 15) is 0 Å². The summed E-state index contributed by atoms with van der Waals surface area (Å²) in [5.74, 6) is 3.20. The van der Waals surface area contributed by atoms with E-state index in [0.29, 0.717) is 12.5 Å².